The largest absolute Gasteiger partial charge is 0.493 e. The summed E-state index contributed by atoms with van der Waals surface area (Å²) in [5.41, 5.74) is 4.78. The molecule has 214 valence electrons. The van der Waals surface area contributed by atoms with Crippen molar-refractivity contribution in [2.45, 2.75) is 72.5 Å². The van der Waals surface area contributed by atoms with E-state index in [4.69, 9.17) is 21.1 Å². The average molecular weight is 565 g/mol. The molecule has 6 nitrogen and oxygen atoms in total. The number of aliphatic carboxylic acids is 1. The van der Waals surface area contributed by atoms with Crippen molar-refractivity contribution in [3.05, 3.63) is 76.6 Å². The summed E-state index contributed by atoms with van der Waals surface area (Å²) in [6.07, 6.45) is 3.52. The number of hydrogen-bond donors (Lipinski definition) is 1. The van der Waals surface area contributed by atoms with Gasteiger partial charge < -0.3 is 19.5 Å². The molecule has 0 unspecified atom stereocenters. The van der Waals surface area contributed by atoms with Crippen LogP contribution in [-0.2, 0) is 16.0 Å². The van der Waals surface area contributed by atoms with Crippen LogP contribution in [0.15, 0.2) is 54.7 Å². The highest BCUT2D eigenvalue weighted by Gasteiger charge is 2.35. The van der Waals surface area contributed by atoms with Crippen LogP contribution in [0.1, 0.15) is 70.4 Å². The van der Waals surface area contributed by atoms with Crippen molar-refractivity contribution in [3.63, 3.8) is 0 Å². The Morgan fingerprint density at radius 3 is 2.40 bits per heavy atom. The Morgan fingerprint density at radius 2 is 1.80 bits per heavy atom. The lowest BCUT2D eigenvalue weighted by Crippen LogP contribution is -2.39. The van der Waals surface area contributed by atoms with E-state index in [1.165, 1.54) is 0 Å². The number of piperidine rings is 1. The molecule has 2 heterocycles. The minimum atomic E-state index is -1.13. The van der Waals surface area contributed by atoms with E-state index < -0.39 is 17.7 Å². The Morgan fingerprint density at radius 1 is 1.12 bits per heavy atom. The minimum Gasteiger partial charge on any atom is -0.493 e. The minimum absolute atomic E-state index is 0.247. The summed E-state index contributed by atoms with van der Waals surface area (Å²) >= 11 is 6.10. The average Bonchev–Trinajstić information content (AvgIpc) is 2.87. The zero-order valence-electron chi connectivity index (χ0n) is 24.5. The maximum Gasteiger partial charge on any atom is 0.337 e. The monoisotopic (exact) mass is 564 g/mol. The van der Waals surface area contributed by atoms with Crippen molar-refractivity contribution in [2.75, 3.05) is 24.6 Å². The summed E-state index contributed by atoms with van der Waals surface area (Å²) < 4.78 is 12.2. The van der Waals surface area contributed by atoms with Gasteiger partial charge in [-0.1, -0.05) is 49.7 Å². The second kappa shape index (κ2) is 12.2. The highest BCUT2D eigenvalue weighted by Crippen LogP contribution is 2.43. The van der Waals surface area contributed by atoms with Gasteiger partial charge in [0.1, 0.15) is 5.75 Å². The Labute approximate surface area is 243 Å². The van der Waals surface area contributed by atoms with Crippen molar-refractivity contribution in [1.82, 2.24) is 4.98 Å². The quantitative estimate of drug-likeness (QED) is 0.285. The molecule has 1 atom stereocenters. The predicted molar refractivity (Wildman–Crippen MR) is 162 cm³/mol. The molecule has 1 saturated heterocycles. The van der Waals surface area contributed by atoms with Crippen molar-refractivity contribution < 1.29 is 19.4 Å². The molecule has 1 N–H and O–H groups in total. The third kappa shape index (κ3) is 7.55. The van der Waals surface area contributed by atoms with Crippen LogP contribution in [0, 0.1) is 12.3 Å². The first-order valence-corrected chi connectivity index (χ1v) is 14.3. The van der Waals surface area contributed by atoms with Crippen LogP contribution < -0.4 is 9.64 Å². The summed E-state index contributed by atoms with van der Waals surface area (Å²) in [6, 6.07) is 15.7. The van der Waals surface area contributed by atoms with Gasteiger partial charge in [-0.2, -0.15) is 0 Å². The molecule has 7 heteroatoms. The Balaban J connectivity index is 1.67. The lowest BCUT2D eigenvalue weighted by atomic mass is 9.82. The lowest BCUT2D eigenvalue weighted by Gasteiger charge is -2.41. The summed E-state index contributed by atoms with van der Waals surface area (Å²) in [7, 11) is 0. The van der Waals surface area contributed by atoms with Crippen LogP contribution in [0.2, 0.25) is 5.02 Å². The predicted octanol–water partition coefficient (Wildman–Crippen LogP) is 7.90. The zero-order chi connectivity index (χ0) is 29.1. The van der Waals surface area contributed by atoms with E-state index in [0.717, 1.165) is 65.5 Å². The molecule has 1 aliphatic heterocycles. The second-order valence-electron chi connectivity index (χ2n) is 12.4. The molecular formula is C33H41ClN2O4. The fourth-order valence-corrected chi connectivity index (χ4v) is 5.32. The van der Waals surface area contributed by atoms with E-state index in [9.17, 15) is 9.90 Å². The fourth-order valence-electron chi connectivity index (χ4n) is 5.11. The molecule has 0 spiro atoms. The molecule has 1 fully saturated rings. The van der Waals surface area contributed by atoms with Crippen molar-refractivity contribution in [1.29, 1.82) is 0 Å². The summed E-state index contributed by atoms with van der Waals surface area (Å²) in [5.74, 6) is -0.245. The Hall–Kier alpha value is -3.09. The topological polar surface area (TPSA) is 71.9 Å². The maximum absolute atomic E-state index is 12.6. The van der Waals surface area contributed by atoms with Gasteiger partial charge in [-0.25, -0.2) is 4.79 Å². The molecule has 40 heavy (non-hydrogen) atoms. The van der Waals surface area contributed by atoms with E-state index in [2.05, 4.69) is 23.7 Å². The van der Waals surface area contributed by atoms with Crippen LogP contribution in [0.4, 0.5) is 5.69 Å². The van der Waals surface area contributed by atoms with Gasteiger partial charge in [0.2, 0.25) is 0 Å². The molecule has 0 radical (unpaired) electrons. The number of rotatable bonds is 9. The number of nitrogens with zero attached hydrogens (tertiary/aromatic N) is 2. The van der Waals surface area contributed by atoms with Crippen LogP contribution in [0.5, 0.6) is 5.75 Å². The van der Waals surface area contributed by atoms with Crippen LogP contribution in [0.3, 0.4) is 0 Å². The molecule has 0 bridgehead atoms. The van der Waals surface area contributed by atoms with Gasteiger partial charge in [0.15, 0.2) is 6.10 Å². The number of aromatic nitrogens is 1. The van der Waals surface area contributed by atoms with E-state index in [-0.39, 0.29) is 5.41 Å². The Kier molecular flexibility index (Phi) is 9.11. The molecule has 1 aliphatic rings. The number of benzene rings is 2. The summed E-state index contributed by atoms with van der Waals surface area (Å²) in [5, 5.41) is 11.0. The SMILES string of the molecule is Cc1ncc(-c2ccc(OCCc3cccc(Cl)c3)cc2)c(N2CCC(C)(C)CC2)c1[C@H](OC(C)(C)C)C(=O)O. The number of carboxylic acids is 1. The first-order chi connectivity index (χ1) is 18.8. The number of aryl methyl sites for hydroxylation is 1. The van der Waals surface area contributed by atoms with E-state index in [0.29, 0.717) is 17.9 Å². The molecular weight excluding hydrogens is 524 g/mol. The van der Waals surface area contributed by atoms with E-state index in [1.807, 2.05) is 82.4 Å². The maximum atomic E-state index is 12.6. The van der Waals surface area contributed by atoms with Crippen molar-refractivity contribution >= 4 is 23.3 Å². The number of anilines is 1. The second-order valence-corrected chi connectivity index (χ2v) is 12.8. The number of ether oxygens (including phenoxy) is 2. The van der Waals surface area contributed by atoms with Gasteiger partial charge in [0.05, 0.1) is 17.9 Å². The highest BCUT2D eigenvalue weighted by molar-refractivity contribution is 6.30. The fraction of sp³-hybridized carbons (Fsp3) is 0.455. The summed E-state index contributed by atoms with van der Waals surface area (Å²) in [6.45, 7) is 14.3. The van der Waals surface area contributed by atoms with Crippen LogP contribution in [0.25, 0.3) is 11.1 Å². The third-order valence-corrected chi connectivity index (χ3v) is 7.63. The smallest absolute Gasteiger partial charge is 0.337 e. The van der Waals surface area contributed by atoms with Gasteiger partial charge in [-0.15, -0.1) is 0 Å². The molecule has 3 aromatic rings. The van der Waals surface area contributed by atoms with Gasteiger partial charge in [0.25, 0.3) is 0 Å². The molecule has 0 aliphatic carbocycles. The molecule has 0 amide bonds. The Bertz CT molecular complexity index is 1320. The molecule has 4 rings (SSSR count). The van der Waals surface area contributed by atoms with E-state index in [1.54, 1.807) is 0 Å². The number of pyridine rings is 1. The van der Waals surface area contributed by atoms with E-state index >= 15 is 0 Å². The number of carboxylic acid groups (broad SMARTS) is 1. The third-order valence-electron chi connectivity index (χ3n) is 7.39. The van der Waals surface area contributed by atoms with Crippen molar-refractivity contribution in [3.8, 4) is 16.9 Å². The number of hydrogen-bond acceptors (Lipinski definition) is 5. The summed E-state index contributed by atoms with van der Waals surface area (Å²) in [4.78, 5) is 19.6. The van der Waals surface area contributed by atoms with Gasteiger partial charge in [0, 0.05) is 47.6 Å². The van der Waals surface area contributed by atoms with Crippen molar-refractivity contribution in [2.24, 2.45) is 5.41 Å². The first-order valence-electron chi connectivity index (χ1n) is 14.0. The zero-order valence-corrected chi connectivity index (χ0v) is 25.2. The standard InChI is InChI=1S/C33H41ClN2O4/c1-22-28(30(31(37)38)40-32(2,3)4)29(36-17-15-33(5,6)16-18-36)27(21-35-22)24-10-12-26(13-11-24)39-19-14-23-8-7-9-25(34)20-23/h7-13,20-21,30H,14-19H2,1-6H3,(H,37,38)/t30-/m0/s1. The lowest BCUT2D eigenvalue weighted by molar-refractivity contribution is -0.160. The molecule has 1 aromatic heterocycles. The molecule has 2 aromatic carbocycles. The first kappa shape index (κ1) is 29.9. The van der Waals surface area contributed by atoms with Crippen LogP contribution in [-0.4, -0.2) is 41.4 Å². The normalized spacial score (nSPS) is 16.0. The highest BCUT2D eigenvalue weighted by atomic mass is 35.5. The van der Waals surface area contributed by atoms with Gasteiger partial charge >= 0.3 is 5.97 Å². The van der Waals surface area contributed by atoms with Gasteiger partial charge in [-0.05, 0) is 81.3 Å². The van der Waals surface area contributed by atoms with Gasteiger partial charge in [-0.3, -0.25) is 4.98 Å². The molecule has 0 saturated carbocycles. The number of halogens is 1. The van der Waals surface area contributed by atoms with Crippen LogP contribution >= 0.6 is 11.6 Å². The number of carbonyl (C=O) groups is 1.